The number of hydrogen-bond acceptors (Lipinski definition) is 5. The van der Waals surface area contributed by atoms with Crippen molar-refractivity contribution in [3.63, 3.8) is 0 Å². The molecule has 1 unspecified atom stereocenters. The molecule has 1 atom stereocenters. The lowest BCUT2D eigenvalue weighted by atomic mass is 10.2. The summed E-state index contributed by atoms with van der Waals surface area (Å²) in [6, 6.07) is -1.29. The average Bonchev–Trinajstić information content (AvgIpc) is 2.69. The van der Waals surface area contributed by atoms with E-state index in [2.05, 4.69) is 26.9 Å². The van der Waals surface area contributed by atoms with Crippen LogP contribution in [0.25, 0.3) is 0 Å². The number of aliphatic carboxylic acids is 1. The van der Waals surface area contributed by atoms with Gasteiger partial charge in [0.1, 0.15) is 12.3 Å². The second-order valence-corrected chi connectivity index (χ2v) is 3.12. The molecular weight excluding hydrogens is 228 g/mol. The molecule has 0 fully saturated rings. The zero-order valence-corrected chi connectivity index (χ0v) is 9.16. The van der Waals surface area contributed by atoms with E-state index in [1.165, 1.54) is 17.0 Å². The van der Waals surface area contributed by atoms with Crippen LogP contribution in [0.1, 0.15) is 11.7 Å². The molecule has 8 nitrogen and oxygen atoms in total. The van der Waals surface area contributed by atoms with Crippen LogP contribution in [-0.2, 0) is 16.6 Å². The van der Waals surface area contributed by atoms with Gasteiger partial charge in [0.05, 0.1) is 6.20 Å². The summed E-state index contributed by atoms with van der Waals surface area (Å²) < 4.78 is 5.95. The molecule has 0 radical (unpaired) electrons. The number of nitrogens with one attached hydrogen (secondary N) is 1. The third-order valence-corrected chi connectivity index (χ3v) is 1.76. The number of aryl methyl sites for hydroxylation is 1. The molecule has 0 spiro atoms. The highest BCUT2D eigenvalue weighted by atomic mass is 16.5. The highest BCUT2D eigenvalue weighted by molar-refractivity contribution is 5.80. The first-order chi connectivity index (χ1) is 8.04. The first kappa shape index (κ1) is 12.7. The van der Waals surface area contributed by atoms with Gasteiger partial charge in [0.25, 0.3) is 0 Å². The van der Waals surface area contributed by atoms with Crippen LogP contribution in [0.4, 0.5) is 4.79 Å². The number of carbonyl (C=O) groups excluding carboxylic acids is 1. The van der Waals surface area contributed by atoms with Crippen molar-refractivity contribution in [1.82, 2.24) is 20.3 Å². The SMILES string of the molecule is C=CCOC(=O)NC(C(=O)O)c1cn(C)nn1. The molecule has 92 valence electrons. The fraction of sp³-hybridized carbons (Fsp3) is 0.333. The van der Waals surface area contributed by atoms with Crippen LogP contribution in [0.3, 0.4) is 0 Å². The average molecular weight is 240 g/mol. The molecule has 8 heteroatoms. The van der Waals surface area contributed by atoms with Gasteiger partial charge in [0, 0.05) is 7.05 Å². The Morgan fingerprint density at radius 3 is 2.94 bits per heavy atom. The molecule has 0 saturated heterocycles. The molecule has 0 bridgehead atoms. The van der Waals surface area contributed by atoms with Crippen LogP contribution in [-0.4, -0.2) is 38.8 Å². The lowest BCUT2D eigenvalue weighted by Crippen LogP contribution is -2.34. The van der Waals surface area contributed by atoms with E-state index in [0.29, 0.717) is 0 Å². The van der Waals surface area contributed by atoms with Gasteiger partial charge in [-0.15, -0.1) is 5.10 Å². The Morgan fingerprint density at radius 1 is 1.76 bits per heavy atom. The Balaban J connectivity index is 2.70. The fourth-order valence-corrected chi connectivity index (χ4v) is 1.05. The highest BCUT2D eigenvalue weighted by Gasteiger charge is 2.25. The first-order valence-electron chi connectivity index (χ1n) is 4.67. The van der Waals surface area contributed by atoms with Gasteiger partial charge in [-0.2, -0.15) is 0 Å². The van der Waals surface area contributed by atoms with E-state index in [-0.39, 0.29) is 12.3 Å². The van der Waals surface area contributed by atoms with Crippen molar-refractivity contribution in [1.29, 1.82) is 0 Å². The number of carbonyl (C=O) groups is 2. The molecule has 1 rings (SSSR count). The minimum Gasteiger partial charge on any atom is -0.479 e. The van der Waals surface area contributed by atoms with Crippen molar-refractivity contribution < 1.29 is 19.4 Å². The maximum absolute atomic E-state index is 11.2. The van der Waals surface area contributed by atoms with E-state index in [1.807, 2.05) is 0 Å². The molecule has 2 N–H and O–H groups in total. The van der Waals surface area contributed by atoms with Crippen LogP contribution in [0, 0.1) is 0 Å². The van der Waals surface area contributed by atoms with Crippen LogP contribution in [0.2, 0.25) is 0 Å². The van der Waals surface area contributed by atoms with E-state index in [0.717, 1.165) is 0 Å². The van der Waals surface area contributed by atoms with Gasteiger partial charge in [0.15, 0.2) is 6.04 Å². The molecule has 0 aromatic carbocycles. The third-order valence-electron chi connectivity index (χ3n) is 1.76. The van der Waals surface area contributed by atoms with Gasteiger partial charge in [-0.3, -0.25) is 4.68 Å². The molecule has 1 amide bonds. The summed E-state index contributed by atoms with van der Waals surface area (Å²) in [5, 5.41) is 18.3. The van der Waals surface area contributed by atoms with Gasteiger partial charge >= 0.3 is 12.1 Å². The Morgan fingerprint density at radius 2 is 2.47 bits per heavy atom. The largest absolute Gasteiger partial charge is 0.479 e. The number of alkyl carbamates (subject to hydrolysis) is 1. The van der Waals surface area contributed by atoms with Crippen LogP contribution in [0.15, 0.2) is 18.9 Å². The number of carboxylic acid groups (broad SMARTS) is 1. The third kappa shape index (κ3) is 3.59. The van der Waals surface area contributed by atoms with E-state index in [1.54, 1.807) is 7.05 Å². The summed E-state index contributed by atoms with van der Waals surface area (Å²) in [6.07, 6.45) is 1.91. The van der Waals surface area contributed by atoms with Gasteiger partial charge in [-0.1, -0.05) is 17.9 Å². The number of amides is 1. The van der Waals surface area contributed by atoms with Gasteiger partial charge in [0.2, 0.25) is 0 Å². The maximum Gasteiger partial charge on any atom is 0.408 e. The Hall–Kier alpha value is -2.38. The van der Waals surface area contributed by atoms with Crippen molar-refractivity contribution in [3.05, 3.63) is 24.5 Å². The predicted molar refractivity (Wildman–Crippen MR) is 56.1 cm³/mol. The smallest absolute Gasteiger partial charge is 0.408 e. The molecule has 1 aromatic heterocycles. The van der Waals surface area contributed by atoms with Crippen molar-refractivity contribution in [2.75, 3.05) is 6.61 Å². The minimum absolute atomic E-state index is 0.00135. The highest BCUT2D eigenvalue weighted by Crippen LogP contribution is 2.09. The maximum atomic E-state index is 11.2. The quantitative estimate of drug-likeness (QED) is 0.693. The van der Waals surface area contributed by atoms with E-state index in [4.69, 9.17) is 5.11 Å². The second kappa shape index (κ2) is 5.64. The van der Waals surface area contributed by atoms with Gasteiger partial charge in [-0.25, -0.2) is 9.59 Å². The standard InChI is InChI=1S/C9H12N4O4/c1-3-4-17-9(16)10-7(8(14)15)6-5-13(2)12-11-6/h3,5,7H,1,4H2,2H3,(H,10,16)(H,14,15). The number of aromatic nitrogens is 3. The monoisotopic (exact) mass is 240 g/mol. The predicted octanol–water partition coefficient (Wildman–Crippen LogP) is -0.147. The summed E-state index contributed by atoms with van der Waals surface area (Å²) in [7, 11) is 1.59. The molecule has 0 aliphatic carbocycles. The summed E-state index contributed by atoms with van der Waals surface area (Å²) in [5.41, 5.74) is 0.121. The normalized spacial score (nSPS) is 11.6. The lowest BCUT2D eigenvalue weighted by molar-refractivity contribution is -0.139. The summed E-state index contributed by atoms with van der Waals surface area (Å²) in [6.45, 7) is 3.36. The molecule has 1 heterocycles. The minimum atomic E-state index is -1.29. The Kier molecular flexibility index (Phi) is 4.21. The van der Waals surface area contributed by atoms with Crippen molar-refractivity contribution in [2.24, 2.45) is 7.05 Å². The van der Waals surface area contributed by atoms with Gasteiger partial charge in [-0.05, 0) is 0 Å². The summed E-state index contributed by atoms with van der Waals surface area (Å²) in [4.78, 5) is 22.1. The molecule has 0 saturated carbocycles. The number of ether oxygens (including phenoxy) is 1. The molecule has 0 aliphatic rings. The number of rotatable bonds is 5. The van der Waals surface area contributed by atoms with Gasteiger partial charge < -0.3 is 15.2 Å². The van der Waals surface area contributed by atoms with Crippen LogP contribution < -0.4 is 5.32 Å². The summed E-state index contributed by atoms with van der Waals surface area (Å²) in [5.74, 6) is -1.25. The Labute approximate surface area is 96.9 Å². The van der Waals surface area contributed by atoms with Crippen LogP contribution >= 0.6 is 0 Å². The van der Waals surface area contributed by atoms with E-state index >= 15 is 0 Å². The van der Waals surface area contributed by atoms with E-state index in [9.17, 15) is 9.59 Å². The molecule has 1 aromatic rings. The summed E-state index contributed by atoms with van der Waals surface area (Å²) >= 11 is 0. The number of nitrogens with zero attached hydrogens (tertiary/aromatic N) is 3. The molecule has 17 heavy (non-hydrogen) atoms. The molecular formula is C9H12N4O4. The van der Waals surface area contributed by atoms with E-state index < -0.39 is 18.1 Å². The zero-order chi connectivity index (χ0) is 12.8. The molecule has 0 aliphatic heterocycles. The van der Waals surface area contributed by atoms with Crippen molar-refractivity contribution >= 4 is 12.1 Å². The first-order valence-corrected chi connectivity index (χ1v) is 4.67. The number of carboxylic acids is 1. The topological polar surface area (TPSA) is 106 Å². The Bertz CT molecular complexity index is 428. The van der Waals surface area contributed by atoms with Crippen LogP contribution in [0.5, 0.6) is 0 Å². The zero-order valence-electron chi connectivity index (χ0n) is 9.16. The lowest BCUT2D eigenvalue weighted by Gasteiger charge is -2.11. The second-order valence-electron chi connectivity index (χ2n) is 3.12. The van der Waals surface area contributed by atoms with Crippen molar-refractivity contribution in [3.8, 4) is 0 Å². The fourth-order valence-electron chi connectivity index (χ4n) is 1.05. The van der Waals surface area contributed by atoms with Crippen molar-refractivity contribution in [2.45, 2.75) is 6.04 Å². The number of hydrogen-bond donors (Lipinski definition) is 2.